The summed E-state index contributed by atoms with van der Waals surface area (Å²) in [6.45, 7) is 4.72. The summed E-state index contributed by atoms with van der Waals surface area (Å²) in [5.41, 5.74) is 1.08. The smallest absolute Gasteiger partial charge is 0.220 e. The van der Waals surface area contributed by atoms with Crippen LogP contribution in [-0.4, -0.2) is 27.0 Å². The van der Waals surface area contributed by atoms with E-state index in [1.807, 2.05) is 35.9 Å². The highest BCUT2D eigenvalue weighted by molar-refractivity contribution is 7.15. The molecule has 0 aromatic carbocycles. The summed E-state index contributed by atoms with van der Waals surface area (Å²) in [7, 11) is 0. The number of nitrogens with zero attached hydrogens (tertiary/aromatic N) is 3. The zero-order valence-corrected chi connectivity index (χ0v) is 14.2. The van der Waals surface area contributed by atoms with Gasteiger partial charge in [-0.15, -0.1) is 27.8 Å². The van der Waals surface area contributed by atoms with Crippen LogP contribution in [0.4, 0.5) is 0 Å². The third-order valence-corrected chi connectivity index (χ3v) is 4.92. The van der Waals surface area contributed by atoms with Crippen molar-refractivity contribution in [3.8, 4) is 10.7 Å². The predicted octanol–water partition coefficient (Wildman–Crippen LogP) is 3.22. The van der Waals surface area contributed by atoms with Crippen molar-refractivity contribution in [1.82, 2.24) is 19.9 Å². The number of amides is 1. The van der Waals surface area contributed by atoms with Crippen LogP contribution in [-0.2, 0) is 11.2 Å². The van der Waals surface area contributed by atoms with E-state index in [9.17, 15) is 4.79 Å². The van der Waals surface area contributed by atoms with Crippen molar-refractivity contribution in [2.75, 3.05) is 6.54 Å². The van der Waals surface area contributed by atoms with Crippen molar-refractivity contribution in [3.05, 3.63) is 28.6 Å². The van der Waals surface area contributed by atoms with E-state index in [0.29, 0.717) is 18.9 Å². The lowest BCUT2D eigenvalue weighted by molar-refractivity contribution is -0.121. The first-order chi connectivity index (χ1) is 10.6. The predicted molar refractivity (Wildman–Crippen MR) is 90.3 cm³/mol. The molecule has 0 fully saturated rings. The summed E-state index contributed by atoms with van der Waals surface area (Å²) < 4.78 is 1.88. The molecule has 0 saturated carbocycles. The van der Waals surface area contributed by atoms with Crippen LogP contribution in [0.25, 0.3) is 15.7 Å². The minimum Gasteiger partial charge on any atom is -0.356 e. The number of hydrogen-bond acceptors (Lipinski definition) is 5. The van der Waals surface area contributed by atoms with Crippen LogP contribution >= 0.6 is 22.7 Å². The van der Waals surface area contributed by atoms with E-state index in [1.54, 1.807) is 22.7 Å². The van der Waals surface area contributed by atoms with Gasteiger partial charge < -0.3 is 5.32 Å². The highest BCUT2D eigenvalue weighted by Gasteiger charge is 2.12. The largest absolute Gasteiger partial charge is 0.356 e. The highest BCUT2D eigenvalue weighted by atomic mass is 32.1. The van der Waals surface area contributed by atoms with Gasteiger partial charge in [-0.05, 0) is 17.4 Å². The number of thiophene rings is 1. The monoisotopic (exact) mass is 334 g/mol. The van der Waals surface area contributed by atoms with Gasteiger partial charge >= 0.3 is 0 Å². The maximum absolute atomic E-state index is 11.7. The molecule has 0 unspecified atom stereocenters. The lowest BCUT2D eigenvalue weighted by Gasteiger charge is -2.06. The number of hydrogen-bond donors (Lipinski definition) is 1. The zero-order valence-electron chi connectivity index (χ0n) is 12.6. The van der Waals surface area contributed by atoms with Crippen LogP contribution in [0.15, 0.2) is 22.9 Å². The summed E-state index contributed by atoms with van der Waals surface area (Å²) in [6, 6.07) is 4.02. The number of fused-ring (bicyclic) bond motifs is 1. The van der Waals surface area contributed by atoms with Gasteiger partial charge in [0.2, 0.25) is 10.9 Å². The first-order valence-electron chi connectivity index (χ1n) is 7.27. The Morgan fingerprint density at radius 2 is 2.27 bits per heavy atom. The fraction of sp³-hybridized carbons (Fsp3) is 0.400. The van der Waals surface area contributed by atoms with Gasteiger partial charge in [-0.25, -0.2) is 4.52 Å². The molecule has 0 atom stereocenters. The maximum atomic E-state index is 11.7. The Kier molecular flexibility index (Phi) is 4.54. The van der Waals surface area contributed by atoms with E-state index < -0.39 is 0 Å². The summed E-state index contributed by atoms with van der Waals surface area (Å²) >= 11 is 3.22. The second-order valence-corrected chi connectivity index (χ2v) is 7.32. The van der Waals surface area contributed by atoms with Crippen molar-refractivity contribution in [1.29, 1.82) is 0 Å². The standard InChI is InChI=1S/C15H18N4OS2/c1-10(2)8-13(20)16-6-5-11-9-22-15-17-14(18-19(11)15)12-4-3-7-21-12/h3-4,7,9-10H,5-6,8H2,1-2H3,(H,16,20). The molecular weight excluding hydrogens is 316 g/mol. The van der Waals surface area contributed by atoms with E-state index in [-0.39, 0.29) is 5.91 Å². The molecule has 3 heterocycles. The summed E-state index contributed by atoms with van der Waals surface area (Å²) in [6.07, 6.45) is 1.34. The average Bonchev–Trinajstić information content (AvgIpc) is 3.13. The number of aromatic nitrogens is 3. The molecule has 116 valence electrons. The summed E-state index contributed by atoms with van der Waals surface area (Å²) in [5, 5.41) is 11.6. The normalized spacial score (nSPS) is 11.4. The van der Waals surface area contributed by atoms with Crippen LogP contribution in [0.3, 0.4) is 0 Å². The fourth-order valence-corrected chi connectivity index (χ4v) is 3.69. The van der Waals surface area contributed by atoms with Gasteiger partial charge in [0.25, 0.3) is 0 Å². The van der Waals surface area contributed by atoms with Crippen molar-refractivity contribution in [3.63, 3.8) is 0 Å². The third kappa shape index (κ3) is 3.36. The Bertz CT molecular complexity index is 758. The molecule has 3 aromatic heterocycles. The van der Waals surface area contributed by atoms with E-state index in [4.69, 9.17) is 0 Å². The van der Waals surface area contributed by atoms with Crippen LogP contribution in [0.5, 0.6) is 0 Å². The van der Waals surface area contributed by atoms with E-state index in [1.165, 1.54) is 0 Å². The Morgan fingerprint density at radius 3 is 3.00 bits per heavy atom. The van der Waals surface area contributed by atoms with E-state index in [2.05, 4.69) is 20.8 Å². The van der Waals surface area contributed by atoms with Crippen LogP contribution in [0.1, 0.15) is 26.0 Å². The molecule has 0 aliphatic heterocycles. The molecule has 0 saturated heterocycles. The van der Waals surface area contributed by atoms with Crippen molar-refractivity contribution in [2.24, 2.45) is 5.92 Å². The van der Waals surface area contributed by atoms with Gasteiger partial charge in [0.15, 0.2) is 5.82 Å². The van der Waals surface area contributed by atoms with Gasteiger partial charge in [0.1, 0.15) is 0 Å². The SMILES string of the molecule is CC(C)CC(=O)NCCc1csc2nc(-c3cccs3)nn12. The molecule has 22 heavy (non-hydrogen) atoms. The van der Waals surface area contributed by atoms with Crippen LogP contribution in [0.2, 0.25) is 0 Å². The van der Waals surface area contributed by atoms with Gasteiger partial charge in [-0.1, -0.05) is 19.9 Å². The molecule has 0 bridgehead atoms. The Hall–Kier alpha value is -1.73. The van der Waals surface area contributed by atoms with Crippen molar-refractivity contribution < 1.29 is 4.79 Å². The van der Waals surface area contributed by atoms with Gasteiger partial charge in [0, 0.05) is 24.8 Å². The first-order valence-corrected chi connectivity index (χ1v) is 9.03. The zero-order chi connectivity index (χ0) is 15.5. The minimum atomic E-state index is 0.110. The quantitative estimate of drug-likeness (QED) is 0.753. The molecule has 0 aliphatic rings. The Morgan fingerprint density at radius 1 is 1.41 bits per heavy atom. The van der Waals surface area contributed by atoms with Gasteiger partial charge in [0.05, 0.1) is 10.6 Å². The lowest BCUT2D eigenvalue weighted by atomic mass is 10.1. The molecule has 1 amide bonds. The molecule has 0 aliphatic carbocycles. The van der Waals surface area contributed by atoms with Crippen LogP contribution in [0, 0.1) is 5.92 Å². The fourth-order valence-electron chi connectivity index (χ4n) is 2.18. The molecule has 1 N–H and O–H groups in total. The molecule has 3 aromatic rings. The number of thiazole rings is 1. The average molecular weight is 334 g/mol. The van der Waals surface area contributed by atoms with Crippen molar-refractivity contribution >= 4 is 33.5 Å². The van der Waals surface area contributed by atoms with E-state index in [0.717, 1.165) is 27.8 Å². The number of rotatable bonds is 6. The lowest BCUT2D eigenvalue weighted by Crippen LogP contribution is -2.26. The molecule has 0 spiro atoms. The Labute approximate surface area is 137 Å². The molecular formula is C15H18N4OS2. The summed E-state index contributed by atoms with van der Waals surface area (Å²) in [5.74, 6) is 1.27. The van der Waals surface area contributed by atoms with Gasteiger partial charge in [-0.3, -0.25) is 4.79 Å². The van der Waals surface area contributed by atoms with E-state index >= 15 is 0 Å². The molecule has 7 heteroatoms. The highest BCUT2D eigenvalue weighted by Crippen LogP contribution is 2.24. The molecule has 0 radical (unpaired) electrons. The Balaban J connectivity index is 1.66. The number of carbonyl (C=O) groups excluding carboxylic acids is 1. The maximum Gasteiger partial charge on any atom is 0.220 e. The van der Waals surface area contributed by atoms with Crippen LogP contribution < -0.4 is 5.32 Å². The first kappa shape index (κ1) is 15.2. The second kappa shape index (κ2) is 6.58. The minimum absolute atomic E-state index is 0.110. The molecule has 3 rings (SSSR count). The molecule has 5 nitrogen and oxygen atoms in total. The number of carbonyl (C=O) groups is 1. The summed E-state index contributed by atoms with van der Waals surface area (Å²) in [4.78, 5) is 18.2. The van der Waals surface area contributed by atoms with Gasteiger partial charge in [-0.2, -0.15) is 4.98 Å². The second-order valence-electron chi connectivity index (χ2n) is 5.53. The number of nitrogens with one attached hydrogen (secondary N) is 1. The third-order valence-electron chi connectivity index (χ3n) is 3.19. The van der Waals surface area contributed by atoms with Crippen molar-refractivity contribution in [2.45, 2.75) is 26.7 Å². The topological polar surface area (TPSA) is 59.3 Å².